The molecule has 0 fully saturated rings. The zero-order valence-electron chi connectivity index (χ0n) is 8.52. The van der Waals surface area contributed by atoms with E-state index in [9.17, 15) is 22.8 Å². The molecule has 0 aromatic heterocycles. The molecule has 0 N–H and O–H groups in total. The van der Waals surface area contributed by atoms with Gasteiger partial charge in [0.25, 0.3) is 0 Å². The van der Waals surface area contributed by atoms with E-state index in [-0.39, 0.29) is 0 Å². The molecule has 0 saturated heterocycles. The second kappa shape index (κ2) is 4.92. The predicted octanol–water partition coefficient (Wildman–Crippen LogP) is 2.19. The van der Waals surface area contributed by atoms with Crippen LogP contribution in [0.3, 0.4) is 0 Å². The van der Waals surface area contributed by atoms with Crippen molar-refractivity contribution in [1.82, 2.24) is 0 Å². The monoisotopic (exact) mass is 230 g/mol. The third-order valence-corrected chi connectivity index (χ3v) is 1.96. The van der Waals surface area contributed by atoms with Gasteiger partial charge in [-0.3, -0.25) is 9.59 Å². The van der Waals surface area contributed by atoms with E-state index in [0.717, 1.165) is 6.07 Å². The standard InChI is InChI=1S/C11H9F3O2/c1-6(15)4-7(16)5-8-9(12)2-3-10(13)11(8)14/h2-3H,4-5H2,1H3. The van der Waals surface area contributed by atoms with Crippen LogP contribution >= 0.6 is 0 Å². The van der Waals surface area contributed by atoms with Crippen molar-refractivity contribution in [3.63, 3.8) is 0 Å². The van der Waals surface area contributed by atoms with Crippen LogP contribution < -0.4 is 0 Å². The molecule has 0 heterocycles. The van der Waals surface area contributed by atoms with Crippen molar-refractivity contribution in [2.75, 3.05) is 0 Å². The highest BCUT2D eigenvalue weighted by Crippen LogP contribution is 2.17. The lowest BCUT2D eigenvalue weighted by Crippen LogP contribution is -2.11. The minimum atomic E-state index is -1.38. The van der Waals surface area contributed by atoms with Gasteiger partial charge >= 0.3 is 0 Å². The number of ketones is 2. The molecule has 0 saturated carbocycles. The Bertz CT molecular complexity index is 441. The van der Waals surface area contributed by atoms with E-state index in [4.69, 9.17) is 0 Å². The molecular weight excluding hydrogens is 221 g/mol. The Labute approximate surface area is 90.1 Å². The lowest BCUT2D eigenvalue weighted by Gasteiger charge is -2.04. The normalized spacial score (nSPS) is 10.2. The quantitative estimate of drug-likeness (QED) is 0.587. The average Bonchev–Trinajstić information content (AvgIpc) is 2.17. The second-order valence-electron chi connectivity index (χ2n) is 3.42. The summed E-state index contributed by atoms with van der Waals surface area (Å²) >= 11 is 0. The molecule has 0 atom stereocenters. The highest BCUT2D eigenvalue weighted by molar-refractivity contribution is 5.98. The first kappa shape index (κ1) is 12.4. The fourth-order valence-corrected chi connectivity index (χ4v) is 1.27. The molecule has 1 aromatic carbocycles. The Morgan fingerprint density at radius 2 is 1.69 bits per heavy atom. The maximum absolute atomic E-state index is 13.1. The number of hydrogen-bond donors (Lipinski definition) is 0. The van der Waals surface area contributed by atoms with Gasteiger partial charge in [-0.15, -0.1) is 0 Å². The zero-order valence-corrected chi connectivity index (χ0v) is 8.52. The lowest BCUT2D eigenvalue weighted by molar-refractivity contribution is -0.125. The van der Waals surface area contributed by atoms with Gasteiger partial charge in [0.1, 0.15) is 17.4 Å². The van der Waals surface area contributed by atoms with Crippen LogP contribution in [-0.2, 0) is 16.0 Å². The Morgan fingerprint density at radius 1 is 1.12 bits per heavy atom. The molecule has 5 heteroatoms. The number of benzene rings is 1. The highest BCUT2D eigenvalue weighted by atomic mass is 19.2. The van der Waals surface area contributed by atoms with Gasteiger partial charge in [0.2, 0.25) is 0 Å². The first-order valence-electron chi connectivity index (χ1n) is 4.55. The van der Waals surface area contributed by atoms with Gasteiger partial charge < -0.3 is 0 Å². The third-order valence-electron chi connectivity index (χ3n) is 1.96. The van der Waals surface area contributed by atoms with Gasteiger partial charge in [-0.2, -0.15) is 0 Å². The molecule has 86 valence electrons. The summed E-state index contributed by atoms with van der Waals surface area (Å²) in [5.41, 5.74) is -0.633. The maximum Gasteiger partial charge on any atom is 0.165 e. The van der Waals surface area contributed by atoms with Crippen LogP contribution in [0.1, 0.15) is 18.9 Å². The van der Waals surface area contributed by atoms with E-state index in [2.05, 4.69) is 0 Å². The molecule has 0 bridgehead atoms. The van der Waals surface area contributed by atoms with Crippen molar-refractivity contribution in [3.05, 3.63) is 35.1 Å². The smallest absolute Gasteiger partial charge is 0.165 e. The van der Waals surface area contributed by atoms with Crippen LogP contribution in [0.5, 0.6) is 0 Å². The molecule has 2 nitrogen and oxygen atoms in total. The van der Waals surface area contributed by atoms with Crippen LogP contribution in [-0.4, -0.2) is 11.6 Å². The molecule has 0 unspecified atom stereocenters. The van der Waals surface area contributed by atoms with Crippen molar-refractivity contribution in [2.24, 2.45) is 0 Å². The number of Topliss-reactive ketones (excluding diaryl/α,β-unsaturated/α-hetero) is 2. The van der Waals surface area contributed by atoms with Crippen molar-refractivity contribution in [2.45, 2.75) is 19.8 Å². The fraction of sp³-hybridized carbons (Fsp3) is 0.273. The van der Waals surface area contributed by atoms with Crippen LogP contribution in [0.4, 0.5) is 13.2 Å². The number of carbonyl (C=O) groups excluding carboxylic acids is 2. The van der Waals surface area contributed by atoms with Crippen molar-refractivity contribution >= 4 is 11.6 Å². The third kappa shape index (κ3) is 2.92. The lowest BCUT2D eigenvalue weighted by atomic mass is 10.0. The van der Waals surface area contributed by atoms with Crippen molar-refractivity contribution < 1.29 is 22.8 Å². The predicted molar refractivity (Wildman–Crippen MR) is 50.3 cm³/mol. The molecule has 16 heavy (non-hydrogen) atoms. The minimum Gasteiger partial charge on any atom is -0.300 e. The molecule has 0 aliphatic rings. The Hall–Kier alpha value is -1.65. The Kier molecular flexibility index (Phi) is 3.82. The summed E-state index contributed by atoms with van der Waals surface area (Å²) < 4.78 is 38.9. The largest absolute Gasteiger partial charge is 0.300 e. The van der Waals surface area contributed by atoms with Gasteiger partial charge in [0.05, 0.1) is 6.42 Å². The molecule has 1 rings (SSSR count). The maximum atomic E-state index is 13.1. The van der Waals surface area contributed by atoms with Crippen molar-refractivity contribution in [1.29, 1.82) is 0 Å². The fourth-order valence-electron chi connectivity index (χ4n) is 1.27. The Morgan fingerprint density at radius 3 is 2.25 bits per heavy atom. The summed E-state index contributed by atoms with van der Waals surface area (Å²) in [4.78, 5) is 21.8. The minimum absolute atomic E-state index is 0.401. The molecular formula is C11H9F3O2. The first-order valence-corrected chi connectivity index (χ1v) is 4.55. The van der Waals surface area contributed by atoms with Gasteiger partial charge in [0.15, 0.2) is 11.6 Å². The Balaban J connectivity index is 2.93. The number of halogens is 3. The molecule has 0 aliphatic heterocycles. The van der Waals surface area contributed by atoms with Gasteiger partial charge in [-0.05, 0) is 19.1 Å². The van der Waals surface area contributed by atoms with Crippen LogP contribution in [0, 0.1) is 17.5 Å². The average molecular weight is 230 g/mol. The van der Waals surface area contributed by atoms with Gasteiger partial charge in [0, 0.05) is 12.0 Å². The number of carbonyl (C=O) groups is 2. The van der Waals surface area contributed by atoms with E-state index in [1.54, 1.807) is 0 Å². The molecule has 1 aromatic rings. The van der Waals surface area contributed by atoms with E-state index < -0.39 is 47.4 Å². The summed E-state index contributed by atoms with van der Waals surface area (Å²) in [6.07, 6.45) is -1.02. The summed E-state index contributed by atoms with van der Waals surface area (Å²) in [5, 5.41) is 0. The van der Waals surface area contributed by atoms with Crippen molar-refractivity contribution in [3.8, 4) is 0 Å². The molecule has 0 spiro atoms. The second-order valence-corrected chi connectivity index (χ2v) is 3.42. The summed E-state index contributed by atoms with van der Waals surface area (Å²) in [6.45, 7) is 1.19. The zero-order chi connectivity index (χ0) is 12.3. The highest BCUT2D eigenvalue weighted by Gasteiger charge is 2.17. The van der Waals surface area contributed by atoms with E-state index in [1.807, 2.05) is 0 Å². The van der Waals surface area contributed by atoms with Crippen LogP contribution in [0.2, 0.25) is 0 Å². The molecule has 0 aliphatic carbocycles. The van der Waals surface area contributed by atoms with Gasteiger partial charge in [-0.25, -0.2) is 13.2 Å². The van der Waals surface area contributed by atoms with Gasteiger partial charge in [-0.1, -0.05) is 0 Å². The summed E-state index contributed by atoms with van der Waals surface area (Å²) in [6, 6.07) is 1.39. The van der Waals surface area contributed by atoms with E-state index in [0.29, 0.717) is 6.07 Å². The van der Waals surface area contributed by atoms with E-state index >= 15 is 0 Å². The van der Waals surface area contributed by atoms with Crippen LogP contribution in [0.15, 0.2) is 12.1 Å². The molecule has 0 radical (unpaired) electrons. The topological polar surface area (TPSA) is 34.1 Å². The summed E-state index contributed by atoms with van der Waals surface area (Å²) in [7, 11) is 0. The number of rotatable bonds is 4. The molecule has 0 amide bonds. The summed E-state index contributed by atoms with van der Waals surface area (Å²) in [5.74, 6) is -4.63. The van der Waals surface area contributed by atoms with Crippen LogP contribution in [0.25, 0.3) is 0 Å². The number of hydrogen-bond acceptors (Lipinski definition) is 2. The van der Waals surface area contributed by atoms with E-state index in [1.165, 1.54) is 6.92 Å². The first-order chi connectivity index (χ1) is 7.41. The SMILES string of the molecule is CC(=O)CC(=O)Cc1c(F)ccc(F)c1F.